The van der Waals surface area contributed by atoms with Gasteiger partial charge in [0.15, 0.2) is 11.5 Å². The van der Waals surface area contributed by atoms with Crippen LogP contribution < -0.4 is 9.47 Å². The van der Waals surface area contributed by atoms with Crippen molar-refractivity contribution in [3.63, 3.8) is 0 Å². The van der Waals surface area contributed by atoms with E-state index in [2.05, 4.69) is 22.9 Å². The molecular formula is C16H15BrO3. The summed E-state index contributed by atoms with van der Waals surface area (Å²) >= 11 is 3.45. The second-order valence-electron chi connectivity index (χ2n) is 4.98. The number of fused-ring (bicyclic) bond motifs is 1. The third-order valence-electron chi connectivity index (χ3n) is 3.61. The Bertz CT molecular complexity index is 667. The number of rotatable bonds is 2. The molecule has 0 aromatic heterocycles. The minimum atomic E-state index is -0.680. The second kappa shape index (κ2) is 5.11. The molecule has 1 heterocycles. The first kappa shape index (κ1) is 13.5. The van der Waals surface area contributed by atoms with E-state index in [9.17, 15) is 5.11 Å². The number of aliphatic hydroxyl groups is 1. The highest BCUT2D eigenvalue weighted by atomic mass is 79.9. The fourth-order valence-corrected chi connectivity index (χ4v) is 2.85. The van der Waals surface area contributed by atoms with Crippen LogP contribution in [0, 0.1) is 13.8 Å². The van der Waals surface area contributed by atoms with Crippen LogP contribution in [-0.4, -0.2) is 11.9 Å². The molecule has 104 valence electrons. The summed E-state index contributed by atoms with van der Waals surface area (Å²) in [6.07, 6.45) is -0.680. The lowest BCUT2D eigenvalue weighted by atomic mass is 9.98. The van der Waals surface area contributed by atoms with E-state index in [1.807, 2.05) is 37.3 Å². The molecule has 0 fully saturated rings. The molecule has 4 heteroatoms. The summed E-state index contributed by atoms with van der Waals surface area (Å²) in [4.78, 5) is 0. The van der Waals surface area contributed by atoms with Gasteiger partial charge in [0.1, 0.15) is 6.10 Å². The van der Waals surface area contributed by atoms with Crippen molar-refractivity contribution in [2.75, 3.05) is 6.79 Å². The van der Waals surface area contributed by atoms with E-state index < -0.39 is 6.10 Å². The van der Waals surface area contributed by atoms with E-state index in [-0.39, 0.29) is 6.79 Å². The van der Waals surface area contributed by atoms with E-state index in [0.717, 1.165) is 15.6 Å². The zero-order valence-electron chi connectivity index (χ0n) is 11.3. The summed E-state index contributed by atoms with van der Waals surface area (Å²) in [5.74, 6) is 1.36. The average Bonchev–Trinajstić information content (AvgIpc) is 2.90. The first-order chi connectivity index (χ1) is 9.56. The van der Waals surface area contributed by atoms with Crippen molar-refractivity contribution in [3.8, 4) is 11.5 Å². The number of hydrogen-bond donors (Lipinski definition) is 1. The van der Waals surface area contributed by atoms with Crippen molar-refractivity contribution >= 4 is 15.9 Å². The molecule has 1 N–H and O–H groups in total. The molecule has 2 aromatic rings. The van der Waals surface area contributed by atoms with E-state index in [4.69, 9.17) is 9.47 Å². The number of aryl methyl sites for hydroxylation is 2. The third kappa shape index (κ3) is 2.30. The lowest BCUT2D eigenvalue weighted by Gasteiger charge is -2.14. The Hall–Kier alpha value is -1.52. The van der Waals surface area contributed by atoms with Gasteiger partial charge in [-0.25, -0.2) is 0 Å². The van der Waals surface area contributed by atoms with Crippen molar-refractivity contribution in [1.82, 2.24) is 0 Å². The molecule has 0 aliphatic carbocycles. The number of halogens is 1. The van der Waals surface area contributed by atoms with Crippen molar-refractivity contribution in [2.45, 2.75) is 20.0 Å². The Morgan fingerprint density at radius 2 is 1.85 bits per heavy atom. The molecule has 0 spiro atoms. The van der Waals surface area contributed by atoms with E-state index in [0.29, 0.717) is 11.5 Å². The van der Waals surface area contributed by atoms with E-state index in [1.54, 1.807) is 0 Å². The number of hydrogen-bond acceptors (Lipinski definition) is 3. The average molecular weight is 335 g/mol. The molecule has 0 saturated carbocycles. The minimum absolute atomic E-state index is 0.219. The third-order valence-corrected chi connectivity index (χ3v) is 4.20. The molecule has 1 atom stereocenters. The normalized spacial score (nSPS) is 14.4. The van der Waals surface area contributed by atoms with Gasteiger partial charge in [-0.1, -0.05) is 18.2 Å². The van der Waals surface area contributed by atoms with Gasteiger partial charge in [-0.15, -0.1) is 0 Å². The maximum atomic E-state index is 10.5. The van der Waals surface area contributed by atoms with Crippen LogP contribution in [0.3, 0.4) is 0 Å². The Morgan fingerprint density at radius 3 is 2.60 bits per heavy atom. The van der Waals surface area contributed by atoms with Gasteiger partial charge in [0, 0.05) is 0 Å². The zero-order chi connectivity index (χ0) is 14.3. The van der Waals surface area contributed by atoms with Gasteiger partial charge in [-0.2, -0.15) is 0 Å². The molecule has 0 bridgehead atoms. The minimum Gasteiger partial charge on any atom is -0.454 e. The molecule has 1 aliphatic heterocycles. The van der Waals surface area contributed by atoms with Crippen LogP contribution in [-0.2, 0) is 0 Å². The fourth-order valence-electron chi connectivity index (χ4n) is 2.27. The quantitative estimate of drug-likeness (QED) is 0.905. The SMILES string of the molecule is Cc1ccc(C(O)c2cc(Br)c3c(c2)OCO3)cc1C. The van der Waals surface area contributed by atoms with Crippen LogP contribution >= 0.6 is 15.9 Å². The van der Waals surface area contributed by atoms with Gasteiger partial charge >= 0.3 is 0 Å². The maximum Gasteiger partial charge on any atom is 0.231 e. The van der Waals surface area contributed by atoms with Crippen LogP contribution in [0.5, 0.6) is 11.5 Å². The molecule has 3 nitrogen and oxygen atoms in total. The number of benzene rings is 2. The molecular weight excluding hydrogens is 320 g/mol. The molecule has 0 radical (unpaired) electrons. The molecule has 0 saturated heterocycles. The van der Waals surface area contributed by atoms with Crippen LogP contribution in [0.1, 0.15) is 28.4 Å². The Balaban J connectivity index is 2.00. The predicted molar refractivity (Wildman–Crippen MR) is 80.2 cm³/mol. The lowest BCUT2D eigenvalue weighted by molar-refractivity contribution is 0.173. The van der Waals surface area contributed by atoms with Crippen LogP contribution in [0.2, 0.25) is 0 Å². The summed E-state index contributed by atoms with van der Waals surface area (Å²) in [5.41, 5.74) is 4.04. The van der Waals surface area contributed by atoms with Crippen molar-refractivity contribution in [2.24, 2.45) is 0 Å². The molecule has 20 heavy (non-hydrogen) atoms. The smallest absolute Gasteiger partial charge is 0.231 e. The summed E-state index contributed by atoms with van der Waals surface area (Å²) in [5, 5.41) is 10.5. The topological polar surface area (TPSA) is 38.7 Å². The predicted octanol–water partition coefficient (Wildman–Crippen LogP) is 3.88. The van der Waals surface area contributed by atoms with E-state index >= 15 is 0 Å². The van der Waals surface area contributed by atoms with Crippen LogP contribution in [0.4, 0.5) is 0 Å². The Labute approximate surface area is 126 Å². The van der Waals surface area contributed by atoms with Crippen molar-refractivity contribution in [1.29, 1.82) is 0 Å². The van der Waals surface area contributed by atoms with Crippen LogP contribution in [0.15, 0.2) is 34.8 Å². The summed E-state index contributed by atoms with van der Waals surface area (Å²) in [6.45, 7) is 4.32. The van der Waals surface area contributed by atoms with Gasteiger partial charge in [0.2, 0.25) is 6.79 Å². The molecule has 1 aliphatic rings. The second-order valence-corrected chi connectivity index (χ2v) is 5.84. The standard InChI is InChI=1S/C16H15BrO3/c1-9-3-4-11(5-10(9)2)15(18)12-6-13(17)16-14(7-12)19-8-20-16/h3-7,15,18H,8H2,1-2H3. The number of aliphatic hydroxyl groups excluding tert-OH is 1. The van der Waals surface area contributed by atoms with Gasteiger partial charge in [-0.05, 0) is 64.2 Å². The molecule has 1 unspecified atom stereocenters. The van der Waals surface area contributed by atoms with Gasteiger partial charge in [0.05, 0.1) is 4.47 Å². The largest absolute Gasteiger partial charge is 0.454 e. The van der Waals surface area contributed by atoms with Crippen LogP contribution in [0.25, 0.3) is 0 Å². The van der Waals surface area contributed by atoms with Crippen molar-refractivity contribution < 1.29 is 14.6 Å². The summed E-state index contributed by atoms with van der Waals surface area (Å²) in [7, 11) is 0. The number of ether oxygens (including phenoxy) is 2. The first-order valence-electron chi connectivity index (χ1n) is 6.40. The van der Waals surface area contributed by atoms with Gasteiger partial charge in [0.25, 0.3) is 0 Å². The maximum absolute atomic E-state index is 10.5. The fraction of sp³-hybridized carbons (Fsp3) is 0.250. The van der Waals surface area contributed by atoms with Gasteiger partial charge in [-0.3, -0.25) is 0 Å². The summed E-state index contributed by atoms with van der Waals surface area (Å²) in [6, 6.07) is 9.68. The lowest BCUT2D eigenvalue weighted by Crippen LogP contribution is -2.01. The monoisotopic (exact) mass is 334 g/mol. The molecule has 2 aromatic carbocycles. The highest BCUT2D eigenvalue weighted by Gasteiger charge is 2.21. The highest BCUT2D eigenvalue weighted by Crippen LogP contribution is 2.42. The molecule has 0 amide bonds. The van der Waals surface area contributed by atoms with Gasteiger partial charge < -0.3 is 14.6 Å². The first-order valence-corrected chi connectivity index (χ1v) is 7.20. The Morgan fingerprint density at radius 1 is 1.05 bits per heavy atom. The Kier molecular flexibility index (Phi) is 3.44. The molecule has 3 rings (SSSR count). The summed E-state index contributed by atoms with van der Waals surface area (Å²) < 4.78 is 11.5. The van der Waals surface area contributed by atoms with Crippen molar-refractivity contribution in [3.05, 3.63) is 57.1 Å². The zero-order valence-corrected chi connectivity index (χ0v) is 12.9. The highest BCUT2D eigenvalue weighted by molar-refractivity contribution is 9.10. The van der Waals surface area contributed by atoms with E-state index in [1.165, 1.54) is 11.1 Å².